The molecule has 1 saturated heterocycles. The number of ether oxygens (including phenoxy) is 1. The predicted molar refractivity (Wildman–Crippen MR) is 104 cm³/mol. The second-order valence-electron chi connectivity index (χ2n) is 7.05. The van der Waals surface area contributed by atoms with Crippen molar-refractivity contribution >= 4 is 5.91 Å². The van der Waals surface area contributed by atoms with Gasteiger partial charge in [-0.15, -0.1) is 0 Å². The number of hydrogen-bond donors (Lipinski definition) is 1. The van der Waals surface area contributed by atoms with Crippen molar-refractivity contribution in [2.75, 3.05) is 26.2 Å². The first kappa shape index (κ1) is 18.5. The van der Waals surface area contributed by atoms with Crippen LogP contribution in [0.4, 0.5) is 0 Å². The van der Waals surface area contributed by atoms with E-state index in [1.54, 1.807) is 0 Å². The van der Waals surface area contributed by atoms with E-state index in [0.717, 1.165) is 38.3 Å². The first-order valence-electron chi connectivity index (χ1n) is 9.42. The second-order valence-corrected chi connectivity index (χ2v) is 7.05. The monoisotopic (exact) mass is 352 g/mol. The molecule has 2 aromatic carbocycles. The summed E-state index contributed by atoms with van der Waals surface area (Å²) in [7, 11) is 0. The summed E-state index contributed by atoms with van der Waals surface area (Å²) < 4.78 is 5.86. The Morgan fingerprint density at radius 2 is 1.77 bits per heavy atom. The average molecular weight is 352 g/mol. The number of benzene rings is 2. The fourth-order valence-electron chi connectivity index (χ4n) is 3.30. The quantitative estimate of drug-likeness (QED) is 0.830. The molecule has 138 valence electrons. The minimum atomic E-state index is 0.104. The van der Waals surface area contributed by atoms with Crippen LogP contribution < -0.4 is 10.1 Å². The molecule has 1 N–H and O–H groups in total. The third-order valence-electron chi connectivity index (χ3n) is 5.04. The van der Waals surface area contributed by atoms with E-state index in [9.17, 15) is 4.79 Å². The van der Waals surface area contributed by atoms with E-state index >= 15 is 0 Å². The van der Waals surface area contributed by atoms with Gasteiger partial charge in [0.25, 0.3) is 0 Å². The smallest absolute Gasteiger partial charge is 0.234 e. The molecule has 26 heavy (non-hydrogen) atoms. The van der Waals surface area contributed by atoms with Crippen LogP contribution in [0, 0.1) is 12.8 Å². The number of hydrogen-bond acceptors (Lipinski definition) is 3. The van der Waals surface area contributed by atoms with E-state index in [-0.39, 0.29) is 5.91 Å². The molecular weight excluding hydrogens is 324 g/mol. The van der Waals surface area contributed by atoms with Gasteiger partial charge in [-0.1, -0.05) is 42.5 Å². The Kier molecular flexibility index (Phi) is 6.67. The molecule has 3 rings (SSSR count). The Labute approximate surface area is 156 Å². The number of nitrogens with one attached hydrogen (secondary N) is 1. The highest BCUT2D eigenvalue weighted by Gasteiger charge is 2.21. The number of para-hydroxylation sites is 1. The van der Waals surface area contributed by atoms with Gasteiger partial charge in [0.2, 0.25) is 5.91 Å². The minimum Gasteiger partial charge on any atom is -0.493 e. The van der Waals surface area contributed by atoms with Gasteiger partial charge in [-0.05, 0) is 62.0 Å². The summed E-state index contributed by atoms with van der Waals surface area (Å²) in [6.07, 6.45) is 2.16. The molecule has 0 bridgehead atoms. The van der Waals surface area contributed by atoms with Crippen LogP contribution in [0.15, 0.2) is 54.6 Å². The highest BCUT2D eigenvalue weighted by atomic mass is 16.5. The molecule has 1 fully saturated rings. The lowest BCUT2D eigenvalue weighted by Crippen LogP contribution is -2.42. The number of rotatable bonds is 7. The summed E-state index contributed by atoms with van der Waals surface area (Å²) in [4.78, 5) is 14.5. The van der Waals surface area contributed by atoms with Gasteiger partial charge in [-0.2, -0.15) is 0 Å². The molecule has 4 heteroatoms. The number of aryl methyl sites for hydroxylation is 1. The average Bonchev–Trinajstić information content (AvgIpc) is 2.68. The van der Waals surface area contributed by atoms with Crippen LogP contribution in [-0.4, -0.2) is 37.0 Å². The van der Waals surface area contributed by atoms with Crippen molar-refractivity contribution in [1.29, 1.82) is 0 Å². The Hall–Kier alpha value is -2.33. The van der Waals surface area contributed by atoms with Crippen molar-refractivity contribution in [3.63, 3.8) is 0 Å². The second kappa shape index (κ2) is 9.39. The fraction of sp³-hybridized carbons (Fsp3) is 0.409. The largest absolute Gasteiger partial charge is 0.493 e. The molecular formula is C22H28N2O2. The Morgan fingerprint density at radius 3 is 2.50 bits per heavy atom. The van der Waals surface area contributed by atoms with Gasteiger partial charge in [0, 0.05) is 6.54 Å². The third kappa shape index (κ3) is 5.60. The standard InChI is InChI=1S/C22H28N2O2/c1-18-7-5-6-8-20(18)15-23-22(25)16-24-13-11-19(12-14-24)17-26-21-9-3-2-4-10-21/h2-10,19H,11-17H2,1H3,(H,23,25). The number of amides is 1. The molecule has 0 aromatic heterocycles. The molecule has 1 heterocycles. The van der Waals surface area contributed by atoms with Crippen LogP contribution in [0.1, 0.15) is 24.0 Å². The zero-order chi connectivity index (χ0) is 18.2. The number of likely N-dealkylation sites (tertiary alicyclic amines) is 1. The maximum atomic E-state index is 12.2. The zero-order valence-corrected chi connectivity index (χ0v) is 15.5. The van der Waals surface area contributed by atoms with E-state index in [0.29, 0.717) is 19.0 Å². The Bertz CT molecular complexity index is 694. The fourth-order valence-corrected chi connectivity index (χ4v) is 3.30. The first-order chi connectivity index (χ1) is 12.7. The van der Waals surface area contributed by atoms with Gasteiger partial charge >= 0.3 is 0 Å². The molecule has 0 radical (unpaired) electrons. The van der Waals surface area contributed by atoms with E-state index in [1.807, 2.05) is 42.5 Å². The van der Waals surface area contributed by atoms with E-state index in [2.05, 4.69) is 29.3 Å². The van der Waals surface area contributed by atoms with Gasteiger partial charge in [-0.25, -0.2) is 0 Å². The summed E-state index contributed by atoms with van der Waals surface area (Å²) in [6, 6.07) is 18.1. The van der Waals surface area contributed by atoms with Gasteiger partial charge in [0.05, 0.1) is 13.2 Å². The third-order valence-corrected chi connectivity index (χ3v) is 5.04. The predicted octanol–water partition coefficient (Wildman–Crippen LogP) is 3.40. The maximum Gasteiger partial charge on any atom is 0.234 e. The number of nitrogens with zero attached hydrogens (tertiary/aromatic N) is 1. The van der Waals surface area contributed by atoms with Gasteiger partial charge in [-0.3, -0.25) is 9.69 Å². The zero-order valence-electron chi connectivity index (χ0n) is 15.5. The highest BCUT2D eigenvalue weighted by molar-refractivity contribution is 5.78. The number of piperidine rings is 1. The lowest BCUT2D eigenvalue weighted by atomic mass is 9.98. The van der Waals surface area contributed by atoms with Crippen molar-refractivity contribution in [3.05, 3.63) is 65.7 Å². The molecule has 0 unspecified atom stereocenters. The van der Waals surface area contributed by atoms with Crippen LogP contribution in [0.3, 0.4) is 0 Å². The summed E-state index contributed by atoms with van der Waals surface area (Å²) in [5.74, 6) is 1.61. The molecule has 0 spiro atoms. The molecule has 0 saturated carbocycles. The van der Waals surface area contributed by atoms with Crippen molar-refractivity contribution in [2.24, 2.45) is 5.92 Å². The highest BCUT2D eigenvalue weighted by Crippen LogP contribution is 2.19. The van der Waals surface area contributed by atoms with Crippen LogP contribution >= 0.6 is 0 Å². The van der Waals surface area contributed by atoms with Crippen LogP contribution in [0.5, 0.6) is 5.75 Å². The first-order valence-corrected chi connectivity index (χ1v) is 9.42. The normalized spacial score (nSPS) is 15.6. The van der Waals surface area contributed by atoms with Gasteiger partial charge in [0.1, 0.15) is 5.75 Å². The van der Waals surface area contributed by atoms with Crippen LogP contribution in [0.2, 0.25) is 0 Å². The topological polar surface area (TPSA) is 41.6 Å². The number of carbonyl (C=O) groups excluding carboxylic acids is 1. The van der Waals surface area contributed by atoms with Crippen molar-refractivity contribution in [3.8, 4) is 5.75 Å². The van der Waals surface area contributed by atoms with Crippen molar-refractivity contribution < 1.29 is 9.53 Å². The van der Waals surface area contributed by atoms with E-state index in [1.165, 1.54) is 11.1 Å². The lowest BCUT2D eigenvalue weighted by molar-refractivity contribution is -0.122. The summed E-state index contributed by atoms with van der Waals surface area (Å²) in [6.45, 7) is 5.84. The molecule has 1 amide bonds. The van der Waals surface area contributed by atoms with Crippen LogP contribution in [0.25, 0.3) is 0 Å². The molecule has 0 aliphatic carbocycles. The molecule has 0 atom stereocenters. The Morgan fingerprint density at radius 1 is 1.08 bits per heavy atom. The summed E-state index contributed by atoms with van der Waals surface area (Å²) >= 11 is 0. The molecule has 2 aromatic rings. The summed E-state index contributed by atoms with van der Waals surface area (Å²) in [5.41, 5.74) is 2.39. The van der Waals surface area contributed by atoms with Crippen molar-refractivity contribution in [1.82, 2.24) is 10.2 Å². The Balaban J connectivity index is 1.34. The minimum absolute atomic E-state index is 0.104. The SMILES string of the molecule is Cc1ccccc1CNC(=O)CN1CCC(COc2ccccc2)CC1. The maximum absolute atomic E-state index is 12.2. The summed E-state index contributed by atoms with van der Waals surface area (Å²) in [5, 5.41) is 3.04. The van der Waals surface area contributed by atoms with Crippen LogP contribution in [-0.2, 0) is 11.3 Å². The lowest BCUT2D eigenvalue weighted by Gasteiger charge is -2.31. The molecule has 1 aliphatic rings. The van der Waals surface area contributed by atoms with Gasteiger partial charge < -0.3 is 10.1 Å². The molecule has 1 aliphatic heterocycles. The van der Waals surface area contributed by atoms with Crippen molar-refractivity contribution in [2.45, 2.75) is 26.3 Å². The van der Waals surface area contributed by atoms with Gasteiger partial charge in [0.15, 0.2) is 0 Å². The molecule has 4 nitrogen and oxygen atoms in total. The van der Waals surface area contributed by atoms with E-state index in [4.69, 9.17) is 4.74 Å². The van der Waals surface area contributed by atoms with E-state index < -0.39 is 0 Å². The number of carbonyl (C=O) groups is 1.